The molecule has 0 saturated heterocycles. The van der Waals surface area contributed by atoms with Gasteiger partial charge in [0.05, 0.1) is 0 Å². The zero-order valence-corrected chi connectivity index (χ0v) is 22.5. The molecule has 0 saturated carbocycles. The highest BCUT2D eigenvalue weighted by molar-refractivity contribution is 7.25. The highest BCUT2D eigenvalue weighted by Crippen LogP contribution is 2.44. The summed E-state index contributed by atoms with van der Waals surface area (Å²) in [5, 5.41) is 7.40. The van der Waals surface area contributed by atoms with Gasteiger partial charge in [-0.3, -0.25) is 4.90 Å². The molecule has 0 spiro atoms. The van der Waals surface area contributed by atoms with Gasteiger partial charge in [0.15, 0.2) is 0 Å². The molecule has 0 fully saturated rings. The fraction of sp³-hybridized carbons (Fsp3) is 0. The van der Waals surface area contributed by atoms with E-state index >= 15 is 0 Å². The standard InChI is InChI=1S/C37H24N2S/c1-2-8-25(9-3-1)26-16-19-29(20-17-26)39(37-36-32-12-6-7-13-34(32)40-35(36)22-23-38-37)30-21-18-28-15-14-27-10-4-5-11-31(27)33(28)24-30/h1-24H. The van der Waals surface area contributed by atoms with E-state index in [1.807, 2.05) is 17.5 Å². The Bertz CT molecular complexity index is 2160. The van der Waals surface area contributed by atoms with Crippen LogP contribution in [0.4, 0.5) is 17.2 Å². The van der Waals surface area contributed by atoms with Crippen LogP contribution in [-0.2, 0) is 0 Å². The molecule has 2 nitrogen and oxygen atoms in total. The molecule has 0 unspecified atom stereocenters. The van der Waals surface area contributed by atoms with Crippen LogP contribution in [0.15, 0.2) is 146 Å². The van der Waals surface area contributed by atoms with E-state index in [1.54, 1.807) is 0 Å². The lowest BCUT2D eigenvalue weighted by molar-refractivity contribution is 1.21. The van der Waals surface area contributed by atoms with E-state index in [9.17, 15) is 0 Å². The van der Waals surface area contributed by atoms with Crippen LogP contribution < -0.4 is 4.90 Å². The van der Waals surface area contributed by atoms with Crippen LogP contribution in [0, 0.1) is 0 Å². The van der Waals surface area contributed by atoms with Crippen LogP contribution in [0.3, 0.4) is 0 Å². The third-order valence-corrected chi connectivity index (χ3v) is 8.84. The molecular weight excluding hydrogens is 504 g/mol. The van der Waals surface area contributed by atoms with Gasteiger partial charge in [0.25, 0.3) is 0 Å². The predicted octanol–water partition coefficient (Wildman–Crippen LogP) is 10.9. The van der Waals surface area contributed by atoms with Gasteiger partial charge in [-0.25, -0.2) is 4.98 Å². The average Bonchev–Trinajstić information content (AvgIpc) is 3.41. The molecule has 0 aliphatic heterocycles. The second-order valence-electron chi connectivity index (χ2n) is 10.0. The summed E-state index contributed by atoms with van der Waals surface area (Å²) in [6.45, 7) is 0. The quantitative estimate of drug-likeness (QED) is 0.211. The van der Waals surface area contributed by atoms with Crippen LogP contribution in [0.25, 0.3) is 52.8 Å². The van der Waals surface area contributed by atoms with Crippen molar-refractivity contribution in [1.29, 1.82) is 0 Å². The van der Waals surface area contributed by atoms with Crippen molar-refractivity contribution in [2.24, 2.45) is 0 Å². The molecular formula is C37H24N2S. The molecule has 0 radical (unpaired) electrons. The molecule has 3 heteroatoms. The van der Waals surface area contributed by atoms with Crippen molar-refractivity contribution in [1.82, 2.24) is 4.98 Å². The zero-order chi connectivity index (χ0) is 26.5. The Morgan fingerprint density at radius 3 is 1.98 bits per heavy atom. The molecule has 188 valence electrons. The van der Waals surface area contributed by atoms with Crippen molar-refractivity contribution in [2.75, 3.05) is 4.90 Å². The van der Waals surface area contributed by atoms with E-state index in [0.717, 1.165) is 17.2 Å². The number of pyridine rings is 1. The lowest BCUT2D eigenvalue weighted by Gasteiger charge is -2.26. The van der Waals surface area contributed by atoms with Crippen LogP contribution in [0.2, 0.25) is 0 Å². The zero-order valence-electron chi connectivity index (χ0n) is 21.7. The first-order chi connectivity index (χ1) is 19.8. The van der Waals surface area contributed by atoms with Gasteiger partial charge in [-0.2, -0.15) is 0 Å². The van der Waals surface area contributed by atoms with Crippen molar-refractivity contribution in [2.45, 2.75) is 0 Å². The largest absolute Gasteiger partial charge is 0.294 e. The lowest BCUT2D eigenvalue weighted by atomic mass is 10.0. The smallest absolute Gasteiger partial charge is 0.146 e. The monoisotopic (exact) mass is 528 g/mol. The number of hydrogen-bond acceptors (Lipinski definition) is 3. The number of hydrogen-bond donors (Lipinski definition) is 0. The maximum Gasteiger partial charge on any atom is 0.146 e. The summed E-state index contributed by atoms with van der Waals surface area (Å²) < 4.78 is 2.51. The Morgan fingerprint density at radius 2 is 1.12 bits per heavy atom. The van der Waals surface area contributed by atoms with E-state index in [-0.39, 0.29) is 0 Å². The molecule has 2 aromatic heterocycles. The van der Waals surface area contributed by atoms with Crippen LogP contribution >= 0.6 is 11.3 Å². The van der Waals surface area contributed by atoms with Gasteiger partial charge >= 0.3 is 0 Å². The first kappa shape index (κ1) is 22.9. The SMILES string of the molecule is c1ccc(-c2ccc(N(c3ccc4ccc5ccccc5c4c3)c3nccc4sc5ccccc5c34)cc2)cc1. The molecule has 0 bridgehead atoms. The fourth-order valence-electron chi connectivity index (χ4n) is 5.78. The Labute approximate surface area is 236 Å². The van der Waals surface area contributed by atoms with Gasteiger partial charge in [-0.1, -0.05) is 103 Å². The number of benzene rings is 6. The minimum Gasteiger partial charge on any atom is -0.294 e. The van der Waals surface area contributed by atoms with E-state index in [2.05, 4.69) is 144 Å². The summed E-state index contributed by atoms with van der Waals surface area (Å²) in [6.07, 6.45) is 1.94. The Hall–Kier alpha value is -4.99. The van der Waals surface area contributed by atoms with E-state index in [0.29, 0.717) is 0 Å². The number of aromatic nitrogens is 1. The maximum atomic E-state index is 5.04. The van der Waals surface area contributed by atoms with Crippen LogP contribution in [-0.4, -0.2) is 4.98 Å². The summed E-state index contributed by atoms with van der Waals surface area (Å²) in [6, 6.07) is 50.0. The molecule has 0 aliphatic carbocycles. The van der Waals surface area contributed by atoms with E-state index in [1.165, 1.54) is 52.8 Å². The molecule has 8 aromatic rings. The number of fused-ring (bicyclic) bond motifs is 6. The van der Waals surface area contributed by atoms with Gasteiger partial charge in [0, 0.05) is 37.7 Å². The van der Waals surface area contributed by atoms with Gasteiger partial charge in [0.2, 0.25) is 0 Å². The second-order valence-corrected chi connectivity index (χ2v) is 11.1. The van der Waals surface area contributed by atoms with Crippen molar-refractivity contribution < 1.29 is 0 Å². The average molecular weight is 529 g/mol. The van der Waals surface area contributed by atoms with Crippen LogP contribution in [0.5, 0.6) is 0 Å². The molecule has 0 atom stereocenters. The number of anilines is 3. The second kappa shape index (κ2) is 9.33. The van der Waals surface area contributed by atoms with Crippen molar-refractivity contribution in [3.05, 3.63) is 146 Å². The Balaban J connectivity index is 1.39. The minimum atomic E-state index is 0.946. The molecule has 40 heavy (non-hydrogen) atoms. The highest BCUT2D eigenvalue weighted by atomic mass is 32.1. The summed E-state index contributed by atoms with van der Waals surface area (Å²) in [5.41, 5.74) is 4.57. The van der Waals surface area contributed by atoms with Crippen LogP contribution in [0.1, 0.15) is 0 Å². The fourth-order valence-corrected chi connectivity index (χ4v) is 6.87. The topological polar surface area (TPSA) is 16.1 Å². The Morgan fingerprint density at radius 1 is 0.475 bits per heavy atom. The Kier molecular flexibility index (Phi) is 5.35. The third-order valence-electron chi connectivity index (χ3n) is 7.70. The first-order valence-electron chi connectivity index (χ1n) is 13.5. The molecule has 0 N–H and O–H groups in total. The minimum absolute atomic E-state index is 0.946. The summed E-state index contributed by atoms with van der Waals surface area (Å²) in [4.78, 5) is 7.35. The predicted molar refractivity (Wildman–Crippen MR) is 172 cm³/mol. The third kappa shape index (κ3) is 3.75. The van der Waals surface area contributed by atoms with E-state index in [4.69, 9.17) is 4.98 Å². The maximum absolute atomic E-state index is 5.04. The normalized spacial score (nSPS) is 11.5. The molecule has 0 amide bonds. The first-order valence-corrected chi connectivity index (χ1v) is 14.3. The molecule has 0 aliphatic rings. The molecule has 6 aromatic carbocycles. The van der Waals surface area contributed by atoms with Gasteiger partial charge in [-0.05, 0) is 69.1 Å². The van der Waals surface area contributed by atoms with Crippen molar-refractivity contribution in [3.63, 3.8) is 0 Å². The van der Waals surface area contributed by atoms with E-state index < -0.39 is 0 Å². The summed E-state index contributed by atoms with van der Waals surface area (Å²) in [7, 11) is 0. The molecule has 2 heterocycles. The van der Waals surface area contributed by atoms with Gasteiger partial charge < -0.3 is 0 Å². The molecule has 8 rings (SSSR count). The number of thiophene rings is 1. The number of nitrogens with zero attached hydrogens (tertiary/aromatic N) is 2. The van der Waals surface area contributed by atoms with Gasteiger partial charge in [0.1, 0.15) is 5.82 Å². The lowest BCUT2D eigenvalue weighted by Crippen LogP contribution is -2.12. The van der Waals surface area contributed by atoms with Gasteiger partial charge in [-0.15, -0.1) is 11.3 Å². The van der Waals surface area contributed by atoms with Crippen molar-refractivity contribution >= 4 is 70.2 Å². The van der Waals surface area contributed by atoms with Crippen molar-refractivity contribution in [3.8, 4) is 11.1 Å². The summed E-state index contributed by atoms with van der Waals surface area (Å²) >= 11 is 1.82. The number of rotatable bonds is 4. The summed E-state index contributed by atoms with van der Waals surface area (Å²) in [5.74, 6) is 0.946. The highest BCUT2D eigenvalue weighted by Gasteiger charge is 2.20.